The Morgan fingerprint density at radius 1 is 1.31 bits per heavy atom. The molecule has 1 unspecified atom stereocenters. The number of aliphatic imine (C=N–C) groups is 1. The van der Waals surface area contributed by atoms with Crippen molar-refractivity contribution in [3.8, 4) is 0 Å². The third-order valence-corrected chi connectivity index (χ3v) is 4.95. The summed E-state index contributed by atoms with van der Waals surface area (Å²) in [6.07, 6.45) is -2.71. The van der Waals surface area contributed by atoms with Crippen LogP contribution in [0.25, 0.3) is 10.2 Å². The molecule has 0 fully saturated rings. The number of hydrogen-bond donors (Lipinski definition) is 4. The molecule has 3 aromatic rings. The fourth-order valence-corrected chi connectivity index (χ4v) is 3.65. The highest BCUT2D eigenvalue weighted by Gasteiger charge is 2.37. The Hall–Kier alpha value is -2.59. The highest BCUT2D eigenvalue weighted by molar-refractivity contribution is 7.16. The molecule has 0 saturated carbocycles. The van der Waals surface area contributed by atoms with Crippen LogP contribution in [0.2, 0.25) is 0 Å². The van der Waals surface area contributed by atoms with Gasteiger partial charge in [0, 0.05) is 11.8 Å². The minimum absolute atomic E-state index is 0.0988. The molecule has 10 heteroatoms. The molecule has 0 saturated heterocycles. The Labute approximate surface area is 150 Å². The van der Waals surface area contributed by atoms with Crippen molar-refractivity contribution in [2.75, 3.05) is 11.9 Å². The minimum Gasteiger partial charge on any atom is -0.348 e. The topological polar surface area (TPSA) is 91.1 Å². The number of nitrogens with one attached hydrogen (secondary N) is 3. The van der Waals surface area contributed by atoms with Gasteiger partial charge in [-0.2, -0.15) is 13.2 Å². The van der Waals surface area contributed by atoms with E-state index in [9.17, 15) is 13.2 Å². The average Bonchev–Trinajstić information content (AvgIpc) is 3.18. The van der Waals surface area contributed by atoms with E-state index in [4.69, 9.17) is 5.73 Å². The molecule has 3 heterocycles. The lowest BCUT2D eigenvalue weighted by Gasteiger charge is -2.38. The molecule has 1 aliphatic heterocycles. The highest BCUT2D eigenvalue weighted by atomic mass is 32.1. The van der Waals surface area contributed by atoms with Gasteiger partial charge in [-0.25, -0.2) is 4.98 Å². The zero-order valence-corrected chi connectivity index (χ0v) is 14.4. The highest BCUT2D eigenvalue weighted by Crippen LogP contribution is 2.31. The van der Waals surface area contributed by atoms with Gasteiger partial charge in [-0.15, -0.1) is 11.3 Å². The summed E-state index contributed by atoms with van der Waals surface area (Å²) in [5.41, 5.74) is 11.0. The summed E-state index contributed by atoms with van der Waals surface area (Å²) in [5, 5.41) is 6.07. The van der Waals surface area contributed by atoms with Gasteiger partial charge in [0.25, 0.3) is 0 Å². The number of fused-ring (bicyclic) bond motifs is 2. The van der Waals surface area contributed by atoms with Crippen LogP contribution >= 0.6 is 11.3 Å². The van der Waals surface area contributed by atoms with E-state index in [2.05, 4.69) is 25.6 Å². The fraction of sp³-hybridized carbons (Fsp3) is 0.250. The number of rotatable bonds is 2. The Balaban J connectivity index is 1.78. The van der Waals surface area contributed by atoms with Crippen LogP contribution in [-0.4, -0.2) is 28.5 Å². The van der Waals surface area contributed by atoms with Crippen molar-refractivity contribution in [1.29, 1.82) is 0 Å². The van der Waals surface area contributed by atoms with Crippen LogP contribution in [0.3, 0.4) is 0 Å². The van der Waals surface area contributed by atoms with E-state index in [1.54, 1.807) is 24.7 Å². The second kappa shape index (κ2) is 5.71. The lowest BCUT2D eigenvalue weighted by Crippen LogP contribution is -2.61. The molecule has 6 nitrogen and oxygen atoms in total. The van der Waals surface area contributed by atoms with Gasteiger partial charge in [0.1, 0.15) is 18.2 Å². The minimum atomic E-state index is -4.40. The van der Waals surface area contributed by atoms with Gasteiger partial charge < -0.3 is 15.6 Å². The summed E-state index contributed by atoms with van der Waals surface area (Å²) < 4.78 is 38.9. The first kappa shape index (κ1) is 16.9. The van der Waals surface area contributed by atoms with Crippen molar-refractivity contribution in [3.63, 3.8) is 0 Å². The quantitative estimate of drug-likeness (QED) is 0.550. The van der Waals surface area contributed by atoms with Crippen LogP contribution in [0.5, 0.6) is 0 Å². The van der Waals surface area contributed by atoms with E-state index >= 15 is 0 Å². The summed E-state index contributed by atoms with van der Waals surface area (Å²) in [7, 11) is 0. The molecule has 0 aliphatic carbocycles. The molecule has 5 N–H and O–H groups in total. The van der Waals surface area contributed by atoms with Gasteiger partial charge in [-0.05, 0) is 24.6 Å². The third kappa shape index (κ3) is 2.90. The maximum absolute atomic E-state index is 12.7. The van der Waals surface area contributed by atoms with E-state index in [-0.39, 0.29) is 5.84 Å². The maximum Gasteiger partial charge on any atom is 0.408 e. The molecule has 1 aliphatic rings. The van der Waals surface area contributed by atoms with Gasteiger partial charge in [0.05, 0.1) is 21.3 Å². The van der Waals surface area contributed by atoms with Crippen LogP contribution in [-0.2, 0) is 5.79 Å². The van der Waals surface area contributed by atoms with Gasteiger partial charge in [-0.1, -0.05) is 6.07 Å². The predicted molar refractivity (Wildman–Crippen MR) is 95.2 cm³/mol. The number of aryl methyl sites for hydroxylation is 1. The first-order valence-corrected chi connectivity index (χ1v) is 8.62. The average molecular weight is 380 g/mol. The molecular weight excluding hydrogens is 365 g/mol. The second-order valence-corrected chi connectivity index (χ2v) is 6.98. The van der Waals surface area contributed by atoms with Crippen molar-refractivity contribution < 1.29 is 13.2 Å². The number of aromatic nitrogens is 2. The smallest absolute Gasteiger partial charge is 0.348 e. The molecule has 0 spiro atoms. The number of amidine groups is 1. The third-order valence-electron chi connectivity index (χ3n) is 4.15. The van der Waals surface area contributed by atoms with Crippen LogP contribution in [0.15, 0.2) is 34.9 Å². The molecule has 1 aromatic carbocycles. The number of nitrogens with two attached hydrogens (primary N) is 1. The molecular formula is C16H15F3N6S. The standard InChI is InChI=1S/C16H15F3N6S/c1-8-5-21-13-12(8)14(22-6-15(17,18)19)25-16(20,24-13)9-2-3-10-11(4-9)26-7-23-10/h2-5,7,21,24H,6,20H2,1H3,(H,22,25). The zero-order chi connectivity index (χ0) is 18.5. The van der Waals surface area contributed by atoms with Gasteiger partial charge >= 0.3 is 6.18 Å². The largest absolute Gasteiger partial charge is 0.408 e. The number of anilines is 1. The Morgan fingerprint density at radius 2 is 2.12 bits per heavy atom. The molecule has 26 heavy (non-hydrogen) atoms. The summed E-state index contributed by atoms with van der Waals surface area (Å²) in [4.78, 5) is 11.0. The number of thiazole rings is 1. The van der Waals surface area contributed by atoms with Crippen molar-refractivity contribution in [1.82, 2.24) is 15.3 Å². The Bertz CT molecular complexity index is 1000. The van der Waals surface area contributed by atoms with E-state index in [0.717, 1.165) is 15.8 Å². The van der Waals surface area contributed by atoms with Gasteiger partial charge in [0.15, 0.2) is 5.79 Å². The molecule has 136 valence electrons. The van der Waals surface area contributed by atoms with Gasteiger partial charge in [-0.3, -0.25) is 10.7 Å². The molecule has 0 amide bonds. The fourth-order valence-electron chi connectivity index (χ4n) is 2.94. The first-order valence-electron chi connectivity index (χ1n) is 7.74. The Morgan fingerprint density at radius 3 is 2.88 bits per heavy atom. The van der Waals surface area contributed by atoms with Crippen LogP contribution < -0.4 is 16.4 Å². The first-order chi connectivity index (χ1) is 12.3. The van der Waals surface area contributed by atoms with E-state index in [1.807, 2.05) is 12.1 Å². The lowest BCUT2D eigenvalue weighted by molar-refractivity contribution is -0.118. The Kier molecular flexibility index (Phi) is 3.70. The van der Waals surface area contributed by atoms with Gasteiger partial charge in [0.2, 0.25) is 0 Å². The molecule has 4 rings (SSSR count). The van der Waals surface area contributed by atoms with Crippen molar-refractivity contribution >= 4 is 33.2 Å². The summed E-state index contributed by atoms with van der Waals surface area (Å²) in [6.45, 7) is 0.498. The number of H-pyrrole nitrogens is 1. The molecule has 0 bridgehead atoms. The zero-order valence-electron chi connectivity index (χ0n) is 13.6. The van der Waals surface area contributed by atoms with Crippen molar-refractivity contribution in [2.24, 2.45) is 10.7 Å². The van der Waals surface area contributed by atoms with E-state index in [1.165, 1.54) is 11.3 Å². The summed E-state index contributed by atoms with van der Waals surface area (Å²) in [5.74, 6) is -0.691. The number of hydrogen-bond acceptors (Lipinski definition) is 5. The van der Waals surface area contributed by atoms with Crippen molar-refractivity contribution in [2.45, 2.75) is 18.9 Å². The van der Waals surface area contributed by atoms with Crippen molar-refractivity contribution in [3.05, 3.63) is 46.6 Å². The van der Waals surface area contributed by atoms with E-state index in [0.29, 0.717) is 16.9 Å². The maximum atomic E-state index is 12.7. The number of nitrogens with zero attached hydrogens (tertiary/aromatic N) is 2. The molecule has 2 aromatic heterocycles. The van der Waals surface area contributed by atoms with E-state index < -0.39 is 18.5 Å². The second-order valence-electron chi connectivity index (χ2n) is 6.09. The SMILES string of the molecule is Cc1c[nH]c2c1C(=NCC(F)(F)F)NC(N)(c1ccc3ncsc3c1)N2. The summed E-state index contributed by atoms with van der Waals surface area (Å²) in [6, 6.07) is 5.46. The van der Waals surface area contributed by atoms with Crippen LogP contribution in [0.4, 0.5) is 19.0 Å². The predicted octanol–water partition coefficient (Wildman–Crippen LogP) is 3.03. The number of aromatic amines is 1. The molecule has 0 radical (unpaired) electrons. The van der Waals surface area contributed by atoms with Crippen LogP contribution in [0.1, 0.15) is 16.7 Å². The van der Waals surface area contributed by atoms with Crippen LogP contribution in [0, 0.1) is 6.92 Å². The number of alkyl halides is 3. The summed E-state index contributed by atoms with van der Waals surface area (Å²) >= 11 is 1.46. The lowest BCUT2D eigenvalue weighted by atomic mass is 10.0. The number of benzene rings is 1. The normalized spacial score (nSPS) is 21.5. The monoisotopic (exact) mass is 380 g/mol. The molecule has 1 atom stereocenters. The number of halogens is 3.